The Morgan fingerprint density at radius 1 is 1.11 bits per heavy atom. The average molecular weight is 367 g/mol. The molecule has 0 bridgehead atoms. The lowest BCUT2D eigenvalue weighted by Crippen LogP contribution is -2.36. The maximum Gasteiger partial charge on any atom is 0.161 e. The van der Waals surface area contributed by atoms with Gasteiger partial charge in [0.15, 0.2) is 11.5 Å². The number of benzene rings is 1. The van der Waals surface area contributed by atoms with E-state index in [0.717, 1.165) is 29.1 Å². The number of fused-ring (bicyclic) bond motifs is 1. The number of methoxy groups -OCH3 is 1. The zero-order chi connectivity index (χ0) is 19.8. The fraction of sp³-hybridized carbons (Fsp3) is 0.409. The number of phenols is 1. The number of rotatable bonds is 5. The van der Waals surface area contributed by atoms with E-state index in [-0.39, 0.29) is 16.7 Å². The average Bonchev–Trinajstić information content (AvgIpc) is 2.91. The summed E-state index contributed by atoms with van der Waals surface area (Å²) in [6.45, 7) is 11.2. The quantitative estimate of drug-likeness (QED) is 0.639. The van der Waals surface area contributed by atoms with E-state index in [9.17, 15) is 5.11 Å². The van der Waals surface area contributed by atoms with Gasteiger partial charge in [-0.05, 0) is 56.0 Å². The number of pyridine rings is 1. The molecule has 2 aromatic heterocycles. The maximum atomic E-state index is 9.94. The molecule has 2 N–H and O–H groups in total. The minimum absolute atomic E-state index is 0.118. The minimum atomic E-state index is -0.125. The molecule has 2 heterocycles. The summed E-state index contributed by atoms with van der Waals surface area (Å²) in [6.07, 6.45) is 3.01. The van der Waals surface area contributed by atoms with Crippen LogP contribution < -0.4 is 10.1 Å². The van der Waals surface area contributed by atoms with Crippen LogP contribution in [-0.4, -0.2) is 27.1 Å². The Hall–Kier alpha value is -2.69. The van der Waals surface area contributed by atoms with Crippen LogP contribution in [0.25, 0.3) is 16.9 Å². The fourth-order valence-corrected chi connectivity index (χ4v) is 3.83. The molecule has 5 heteroatoms. The predicted molar refractivity (Wildman–Crippen MR) is 111 cm³/mol. The molecule has 1 aromatic carbocycles. The summed E-state index contributed by atoms with van der Waals surface area (Å²) in [6, 6.07) is 11.3. The van der Waals surface area contributed by atoms with Gasteiger partial charge in [0.1, 0.15) is 17.2 Å². The second-order valence-corrected chi connectivity index (χ2v) is 8.87. The number of aromatic nitrogens is 2. The van der Waals surface area contributed by atoms with Gasteiger partial charge in [-0.1, -0.05) is 26.8 Å². The van der Waals surface area contributed by atoms with Crippen LogP contribution in [0.5, 0.6) is 11.5 Å². The van der Waals surface area contributed by atoms with Gasteiger partial charge in [0, 0.05) is 17.3 Å². The van der Waals surface area contributed by atoms with Crippen LogP contribution in [-0.2, 0) is 0 Å². The van der Waals surface area contributed by atoms with Gasteiger partial charge < -0.3 is 15.2 Å². The lowest BCUT2D eigenvalue weighted by Gasteiger charge is -2.34. The van der Waals surface area contributed by atoms with Gasteiger partial charge in [0.05, 0.1) is 7.11 Å². The first-order chi connectivity index (χ1) is 12.6. The molecule has 0 aliphatic heterocycles. The van der Waals surface area contributed by atoms with E-state index in [4.69, 9.17) is 9.72 Å². The molecule has 3 aromatic rings. The van der Waals surface area contributed by atoms with Crippen molar-refractivity contribution in [1.29, 1.82) is 0 Å². The molecule has 0 saturated heterocycles. The summed E-state index contributed by atoms with van der Waals surface area (Å²) in [4.78, 5) is 4.83. The van der Waals surface area contributed by atoms with Crippen molar-refractivity contribution in [1.82, 2.24) is 9.38 Å². The van der Waals surface area contributed by atoms with Crippen molar-refractivity contribution < 1.29 is 9.84 Å². The molecule has 0 aliphatic carbocycles. The van der Waals surface area contributed by atoms with E-state index in [2.05, 4.69) is 44.3 Å². The highest BCUT2D eigenvalue weighted by Crippen LogP contribution is 2.37. The van der Waals surface area contributed by atoms with Crippen LogP contribution in [0.2, 0.25) is 0 Å². The van der Waals surface area contributed by atoms with Crippen molar-refractivity contribution in [2.45, 2.75) is 46.6 Å². The smallest absolute Gasteiger partial charge is 0.161 e. The van der Waals surface area contributed by atoms with Gasteiger partial charge >= 0.3 is 0 Å². The summed E-state index contributed by atoms with van der Waals surface area (Å²) in [7, 11) is 1.55. The molecule has 5 nitrogen and oxygen atoms in total. The number of nitrogens with one attached hydrogen (secondary N) is 1. The van der Waals surface area contributed by atoms with Crippen molar-refractivity contribution in [2.24, 2.45) is 5.41 Å². The molecule has 0 unspecified atom stereocenters. The molecule has 3 rings (SSSR count). The highest BCUT2D eigenvalue weighted by Gasteiger charge is 2.28. The largest absolute Gasteiger partial charge is 0.504 e. The Labute approximate surface area is 161 Å². The van der Waals surface area contributed by atoms with E-state index in [1.165, 1.54) is 0 Å². The SMILES string of the molecule is COc1cc(-c2nc3ccccn3c2NC(C)(C)CC(C)(C)C)ccc1O. The van der Waals surface area contributed by atoms with Gasteiger partial charge in [-0.25, -0.2) is 4.98 Å². The lowest BCUT2D eigenvalue weighted by atomic mass is 9.82. The third-order valence-corrected chi connectivity index (χ3v) is 4.41. The Kier molecular flexibility index (Phi) is 4.81. The van der Waals surface area contributed by atoms with Gasteiger partial charge in [0.25, 0.3) is 0 Å². The van der Waals surface area contributed by atoms with Gasteiger partial charge in [-0.2, -0.15) is 0 Å². The van der Waals surface area contributed by atoms with Crippen LogP contribution >= 0.6 is 0 Å². The second-order valence-electron chi connectivity index (χ2n) is 8.87. The molecule has 0 saturated carbocycles. The summed E-state index contributed by atoms with van der Waals surface area (Å²) < 4.78 is 7.35. The zero-order valence-electron chi connectivity index (χ0n) is 17.0. The van der Waals surface area contributed by atoms with Crippen LogP contribution in [0.3, 0.4) is 0 Å². The highest BCUT2D eigenvalue weighted by molar-refractivity contribution is 5.78. The summed E-state index contributed by atoms with van der Waals surface area (Å²) in [5.41, 5.74) is 2.66. The Balaban J connectivity index is 2.12. The molecular formula is C22H29N3O2. The number of aromatic hydroxyl groups is 1. The zero-order valence-corrected chi connectivity index (χ0v) is 17.0. The van der Waals surface area contributed by atoms with Crippen molar-refractivity contribution in [3.05, 3.63) is 42.6 Å². The first kappa shape index (κ1) is 19.1. The Morgan fingerprint density at radius 3 is 2.52 bits per heavy atom. The first-order valence-electron chi connectivity index (χ1n) is 9.22. The van der Waals surface area contributed by atoms with Crippen LogP contribution in [0.1, 0.15) is 41.0 Å². The van der Waals surface area contributed by atoms with Crippen molar-refractivity contribution in [3.8, 4) is 22.8 Å². The number of hydrogen-bond donors (Lipinski definition) is 2. The van der Waals surface area contributed by atoms with Crippen molar-refractivity contribution >= 4 is 11.5 Å². The third-order valence-electron chi connectivity index (χ3n) is 4.41. The number of phenolic OH excluding ortho intramolecular Hbond substituents is 1. The van der Waals surface area contributed by atoms with Gasteiger partial charge in [0.2, 0.25) is 0 Å². The molecule has 144 valence electrons. The standard InChI is InChI=1S/C22H29N3O2/c1-21(2,3)14-22(4,5)24-20-19(23-18-9-7-8-12-25(18)20)15-10-11-16(26)17(13-15)27-6/h7-13,24,26H,14H2,1-6H3. The van der Waals surface area contributed by atoms with Crippen LogP contribution in [0.4, 0.5) is 5.82 Å². The third kappa shape index (κ3) is 4.18. The maximum absolute atomic E-state index is 9.94. The number of nitrogens with zero attached hydrogens (tertiary/aromatic N) is 2. The molecule has 0 atom stereocenters. The normalized spacial score (nSPS) is 12.4. The molecule has 27 heavy (non-hydrogen) atoms. The van der Waals surface area contributed by atoms with E-state index >= 15 is 0 Å². The lowest BCUT2D eigenvalue weighted by molar-refractivity contribution is 0.302. The molecule has 0 aliphatic rings. The van der Waals surface area contributed by atoms with E-state index in [0.29, 0.717) is 5.75 Å². The molecule has 0 radical (unpaired) electrons. The Bertz CT molecular complexity index is 952. The topological polar surface area (TPSA) is 58.8 Å². The van der Waals surface area contributed by atoms with Crippen molar-refractivity contribution in [3.63, 3.8) is 0 Å². The molecule has 0 amide bonds. The van der Waals surface area contributed by atoms with Crippen molar-refractivity contribution in [2.75, 3.05) is 12.4 Å². The van der Waals surface area contributed by atoms with Crippen LogP contribution in [0, 0.1) is 5.41 Å². The minimum Gasteiger partial charge on any atom is -0.504 e. The number of anilines is 1. The van der Waals surface area contributed by atoms with E-state index in [1.54, 1.807) is 13.2 Å². The molecular weight excluding hydrogens is 338 g/mol. The predicted octanol–water partition coefficient (Wildman–Crippen LogP) is 5.34. The molecule has 0 spiro atoms. The summed E-state index contributed by atoms with van der Waals surface area (Å²) in [5, 5.41) is 13.7. The number of hydrogen-bond acceptors (Lipinski definition) is 4. The first-order valence-corrected chi connectivity index (χ1v) is 9.22. The molecule has 0 fully saturated rings. The summed E-state index contributed by atoms with van der Waals surface area (Å²) in [5.74, 6) is 1.49. The van der Waals surface area contributed by atoms with E-state index < -0.39 is 0 Å². The summed E-state index contributed by atoms with van der Waals surface area (Å²) >= 11 is 0. The second kappa shape index (κ2) is 6.80. The van der Waals surface area contributed by atoms with E-state index in [1.807, 2.05) is 36.5 Å². The van der Waals surface area contributed by atoms with Gasteiger partial charge in [-0.15, -0.1) is 0 Å². The Morgan fingerprint density at radius 2 is 1.85 bits per heavy atom. The fourth-order valence-electron chi connectivity index (χ4n) is 3.83. The highest BCUT2D eigenvalue weighted by atomic mass is 16.5. The van der Waals surface area contributed by atoms with Crippen LogP contribution in [0.15, 0.2) is 42.6 Å². The van der Waals surface area contributed by atoms with Gasteiger partial charge in [-0.3, -0.25) is 4.40 Å². The monoisotopic (exact) mass is 367 g/mol. The number of imidazole rings is 1. The number of ether oxygens (including phenoxy) is 1.